The molecule has 0 atom stereocenters. The lowest BCUT2D eigenvalue weighted by atomic mass is 10.1. The van der Waals surface area contributed by atoms with E-state index in [9.17, 15) is 14.7 Å². The van der Waals surface area contributed by atoms with Crippen LogP contribution in [0.4, 0.5) is 0 Å². The third-order valence-corrected chi connectivity index (χ3v) is 7.07. The number of halogens is 2. The van der Waals surface area contributed by atoms with Crippen molar-refractivity contribution in [2.24, 2.45) is 5.10 Å². The zero-order valence-electron chi connectivity index (χ0n) is 22.5. The summed E-state index contributed by atoms with van der Waals surface area (Å²) >= 11 is 12.6. The average Bonchev–Trinajstić information content (AvgIpc) is 3.43. The number of carboxylic acid groups (broad SMARTS) is 1. The van der Waals surface area contributed by atoms with Gasteiger partial charge in [-0.2, -0.15) is 9.78 Å². The largest absolute Gasteiger partial charge is 0.493 e. The third-order valence-electron chi connectivity index (χ3n) is 6.62. The van der Waals surface area contributed by atoms with E-state index in [4.69, 9.17) is 42.1 Å². The van der Waals surface area contributed by atoms with Gasteiger partial charge in [-0.15, -0.1) is 0 Å². The predicted octanol–water partition coefficient (Wildman–Crippen LogP) is 7.28. The van der Waals surface area contributed by atoms with Crippen LogP contribution < -0.4 is 15.0 Å². The molecule has 6 rings (SSSR count). The zero-order valence-corrected chi connectivity index (χ0v) is 24.0. The molecule has 0 radical (unpaired) electrons. The maximum Gasteiger partial charge on any atom is 0.335 e. The van der Waals surface area contributed by atoms with Gasteiger partial charge in [-0.25, -0.2) is 9.78 Å². The summed E-state index contributed by atoms with van der Waals surface area (Å²) in [5.41, 5.74) is 1.96. The summed E-state index contributed by atoms with van der Waals surface area (Å²) in [6.07, 6.45) is 1.43. The summed E-state index contributed by atoms with van der Waals surface area (Å²) in [4.78, 5) is 29.6. The molecular weight excluding hydrogens is 593 g/mol. The fourth-order valence-corrected chi connectivity index (χ4v) is 4.92. The number of carboxylic acids is 1. The number of para-hydroxylation sites is 1. The lowest BCUT2D eigenvalue weighted by molar-refractivity contribution is 0.0697. The molecule has 0 unspecified atom stereocenters. The first-order valence-corrected chi connectivity index (χ1v) is 13.6. The number of hydrogen-bond acceptors (Lipinski definition) is 7. The Morgan fingerprint density at radius 3 is 2.58 bits per heavy atom. The van der Waals surface area contributed by atoms with Crippen molar-refractivity contribution in [3.05, 3.63) is 122 Å². The minimum atomic E-state index is -1.02. The first-order chi connectivity index (χ1) is 20.8. The van der Waals surface area contributed by atoms with Crippen LogP contribution in [0.3, 0.4) is 0 Å². The molecule has 0 spiro atoms. The van der Waals surface area contributed by atoms with Gasteiger partial charge < -0.3 is 19.0 Å². The van der Waals surface area contributed by atoms with E-state index in [1.54, 1.807) is 72.8 Å². The molecule has 0 saturated carbocycles. The van der Waals surface area contributed by atoms with Crippen molar-refractivity contribution < 1.29 is 23.8 Å². The Kier molecular flexibility index (Phi) is 7.58. The minimum Gasteiger partial charge on any atom is -0.493 e. The predicted molar refractivity (Wildman–Crippen MR) is 165 cm³/mol. The van der Waals surface area contributed by atoms with Gasteiger partial charge in [-0.05, 0) is 60.2 Å². The molecule has 4 aromatic carbocycles. The van der Waals surface area contributed by atoms with Gasteiger partial charge in [-0.1, -0.05) is 47.5 Å². The molecule has 1 N–H and O–H groups in total. The molecule has 2 aromatic heterocycles. The Labute approximate surface area is 254 Å². The number of rotatable bonds is 8. The Morgan fingerprint density at radius 2 is 1.81 bits per heavy atom. The van der Waals surface area contributed by atoms with E-state index in [1.165, 1.54) is 25.5 Å². The normalized spacial score (nSPS) is 11.4. The first kappa shape index (κ1) is 28.0. The molecule has 9 nitrogen and oxygen atoms in total. The van der Waals surface area contributed by atoms with Crippen molar-refractivity contribution in [3.8, 4) is 23.1 Å². The Balaban J connectivity index is 1.44. The van der Waals surface area contributed by atoms with Crippen molar-refractivity contribution in [3.63, 3.8) is 0 Å². The molecule has 214 valence electrons. The highest BCUT2D eigenvalue weighted by atomic mass is 35.5. The van der Waals surface area contributed by atoms with Crippen molar-refractivity contribution in [1.29, 1.82) is 0 Å². The van der Waals surface area contributed by atoms with Gasteiger partial charge in [0.15, 0.2) is 17.3 Å². The van der Waals surface area contributed by atoms with E-state index < -0.39 is 11.5 Å². The van der Waals surface area contributed by atoms with Crippen LogP contribution in [0.2, 0.25) is 10.0 Å². The van der Waals surface area contributed by atoms with Gasteiger partial charge >= 0.3 is 5.97 Å². The highest BCUT2D eigenvalue weighted by Gasteiger charge is 2.18. The number of benzene rings is 4. The molecule has 0 amide bonds. The summed E-state index contributed by atoms with van der Waals surface area (Å²) in [6.45, 7) is 0.100. The fraction of sp³-hybridized carbons (Fsp3) is 0.0625. The van der Waals surface area contributed by atoms with Crippen LogP contribution in [0, 0.1) is 0 Å². The molecule has 43 heavy (non-hydrogen) atoms. The highest BCUT2D eigenvalue weighted by Crippen LogP contribution is 2.35. The van der Waals surface area contributed by atoms with Crippen LogP contribution in [0.1, 0.15) is 21.5 Å². The molecule has 0 aliphatic heterocycles. The second-order valence-electron chi connectivity index (χ2n) is 9.42. The molecule has 0 aliphatic rings. The number of carbonyl (C=O) groups is 1. The van der Waals surface area contributed by atoms with E-state index in [2.05, 4.69) is 5.10 Å². The fourth-order valence-electron chi connectivity index (χ4n) is 4.52. The van der Waals surface area contributed by atoms with E-state index in [-0.39, 0.29) is 18.0 Å². The Bertz CT molecular complexity index is 2100. The molecule has 6 aromatic rings. The van der Waals surface area contributed by atoms with Gasteiger partial charge in [0.1, 0.15) is 12.2 Å². The van der Waals surface area contributed by atoms with Crippen molar-refractivity contribution in [1.82, 2.24) is 9.66 Å². The van der Waals surface area contributed by atoms with Crippen LogP contribution in [0.15, 0.2) is 99.2 Å². The summed E-state index contributed by atoms with van der Waals surface area (Å²) in [6, 6.07) is 23.4. The van der Waals surface area contributed by atoms with Gasteiger partial charge in [0.2, 0.25) is 5.82 Å². The van der Waals surface area contributed by atoms with E-state index in [0.29, 0.717) is 49.4 Å². The number of aromatic carboxylic acids is 1. The van der Waals surface area contributed by atoms with Crippen molar-refractivity contribution >= 4 is 57.3 Å². The number of ether oxygens (including phenoxy) is 2. The molecule has 0 bridgehead atoms. The van der Waals surface area contributed by atoms with E-state index >= 15 is 0 Å². The summed E-state index contributed by atoms with van der Waals surface area (Å²) in [5, 5.41) is 15.7. The molecular formula is C32H21Cl2N3O6. The molecule has 0 saturated heterocycles. The molecule has 11 heteroatoms. The SMILES string of the molecule is COc1cc(Cl)cc(C=Nn2c(-c3cc4cc(Cl)ccc4o3)nc3ccccc3c2=O)c1OCc1ccc(C(=O)O)cc1. The second kappa shape index (κ2) is 11.6. The van der Waals surface area contributed by atoms with Crippen LogP contribution in [0.5, 0.6) is 11.5 Å². The third kappa shape index (κ3) is 5.68. The number of nitrogens with zero attached hydrogens (tertiary/aromatic N) is 3. The van der Waals surface area contributed by atoms with E-state index in [1.807, 2.05) is 0 Å². The van der Waals surface area contributed by atoms with Gasteiger partial charge in [0.05, 0.1) is 29.8 Å². The van der Waals surface area contributed by atoms with Crippen molar-refractivity contribution in [2.45, 2.75) is 6.61 Å². The molecule has 0 aliphatic carbocycles. The monoisotopic (exact) mass is 613 g/mol. The molecule has 2 heterocycles. The maximum atomic E-state index is 13.7. The minimum absolute atomic E-state index is 0.100. The molecule has 0 fully saturated rings. The van der Waals surface area contributed by atoms with Gasteiger partial charge in [0.25, 0.3) is 5.56 Å². The van der Waals surface area contributed by atoms with Crippen LogP contribution in [-0.2, 0) is 6.61 Å². The number of hydrogen-bond donors (Lipinski definition) is 1. The summed E-state index contributed by atoms with van der Waals surface area (Å²) in [7, 11) is 1.48. The van der Waals surface area contributed by atoms with Crippen molar-refractivity contribution in [2.75, 3.05) is 7.11 Å². The first-order valence-electron chi connectivity index (χ1n) is 12.9. The van der Waals surface area contributed by atoms with Crippen LogP contribution in [0.25, 0.3) is 33.5 Å². The lowest BCUT2D eigenvalue weighted by Gasteiger charge is -2.14. The maximum absolute atomic E-state index is 13.7. The number of methoxy groups -OCH3 is 1. The van der Waals surface area contributed by atoms with Gasteiger partial charge in [0, 0.05) is 27.1 Å². The topological polar surface area (TPSA) is 116 Å². The smallest absolute Gasteiger partial charge is 0.335 e. The highest BCUT2D eigenvalue weighted by molar-refractivity contribution is 6.31. The number of fused-ring (bicyclic) bond motifs is 2. The zero-order chi connectivity index (χ0) is 30.1. The van der Waals surface area contributed by atoms with Gasteiger partial charge in [-0.3, -0.25) is 4.79 Å². The van der Waals surface area contributed by atoms with E-state index in [0.717, 1.165) is 15.6 Å². The Morgan fingerprint density at radius 1 is 1.02 bits per heavy atom. The second-order valence-corrected chi connectivity index (χ2v) is 10.3. The Hall–Kier alpha value is -5.12. The average molecular weight is 614 g/mol. The van der Waals surface area contributed by atoms with Crippen LogP contribution in [-0.4, -0.2) is 34.1 Å². The number of furan rings is 1. The summed E-state index contributed by atoms with van der Waals surface area (Å²) < 4.78 is 18.8. The van der Waals surface area contributed by atoms with Crippen LogP contribution >= 0.6 is 23.2 Å². The lowest BCUT2D eigenvalue weighted by Crippen LogP contribution is -2.20. The quantitative estimate of drug-likeness (QED) is 0.179. The number of aromatic nitrogens is 2. The summed E-state index contributed by atoms with van der Waals surface area (Å²) in [5.74, 6) is 0.146. The standard InChI is InChI=1S/C32H21Cl2N3O6/c1-41-27-15-23(34)13-21(29(27)42-17-18-6-8-19(9-7-18)32(39)40)16-35-37-30(36-25-5-3-2-4-24(25)31(37)38)28-14-20-12-22(33)10-11-26(20)43-28/h2-16H,17H2,1H3,(H,39,40).